The van der Waals surface area contributed by atoms with Gasteiger partial charge in [-0.1, -0.05) is 12.1 Å². The minimum absolute atomic E-state index is 0.107. The molecule has 0 N–H and O–H groups in total. The van der Waals surface area contributed by atoms with E-state index in [1.165, 1.54) is 32.4 Å². The third-order valence-electron chi connectivity index (χ3n) is 6.72. The van der Waals surface area contributed by atoms with Crippen LogP contribution in [0.4, 0.5) is 0 Å². The summed E-state index contributed by atoms with van der Waals surface area (Å²) >= 11 is 0. The van der Waals surface area contributed by atoms with Crippen molar-refractivity contribution in [3.8, 4) is 0 Å². The summed E-state index contributed by atoms with van der Waals surface area (Å²) in [6, 6.07) is 6.70. The van der Waals surface area contributed by atoms with Gasteiger partial charge in [-0.15, -0.1) is 0 Å². The Kier molecular flexibility index (Phi) is 5.09. The second-order valence-electron chi connectivity index (χ2n) is 8.68. The third kappa shape index (κ3) is 3.75. The molecule has 1 aromatic rings. The van der Waals surface area contributed by atoms with Gasteiger partial charge in [-0.2, -0.15) is 0 Å². The van der Waals surface area contributed by atoms with Crippen molar-refractivity contribution in [3.05, 3.63) is 41.5 Å². The quantitative estimate of drug-likeness (QED) is 0.553. The molecule has 0 heterocycles. The Morgan fingerprint density at radius 1 is 1.00 bits per heavy atom. The van der Waals surface area contributed by atoms with Gasteiger partial charge >= 0.3 is 11.9 Å². The average Bonchev–Trinajstić information content (AvgIpc) is 2.69. The molecule has 0 saturated heterocycles. The zero-order valence-electron chi connectivity index (χ0n) is 16.2. The predicted molar refractivity (Wildman–Crippen MR) is 103 cm³/mol. The van der Waals surface area contributed by atoms with Crippen molar-refractivity contribution in [1.82, 2.24) is 0 Å². The molecule has 0 unspecified atom stereocenters. The first-order valence-corrected chi connectivity index (χ1v) is 10.0. The SMILES string of the molecule is COC(=O)c1ccc(/C=C/C(=O)OCC(=O)C23CC4CC(CC(C4)C2)C3)cc1. The van der Waals surface area contributed by atoms with E-state index in [-0.39, 0.29) is 17.8 Å². The van der Waals surface area contributed by atoms with Gasteiger partial charge in [-0.05, 0) is 80.1 Å². The molecular weight excluding hydrogens is 356 g/mol. The number of Topliss-reactive ketones (excluding diaryl/α,β-unsaturated/α-hetero) is 1. The van der Waals surface area contributed by atoms with Gasteiger partial charge in [0.1, 0.15) is 0 Å². The molecule has 4 aliphatic carbocycles. The minimum Gasteiger partial charge on any atom is -0.465 e. The number of rotatable bonds is 6. The number of carbonyl (C=O) groups is 3. The highest BCUT2D eigenvalue weighted by molar-refractivity contribution is 5.92. The van der Waals surface area contributed by atoms with Gasteiger partial charge in [0.05, 0.1) is 12.7 Å². The number of methoxy groups -OCH3 is 1. The lowest BCUT2D eigenvalue weighted by Gasteiger charge is -2.55. The molecule has 148 valence electrons. The lowest BCUT2D eigenvalue weighted by Crippen LogP contribution is -2.51. The van der Waals surface area contributed by atoms with Crippen LogP contribution in [0.25, 0.3) is 6.08 Å². The number of esters is 2. The number of hydrogen-bond donors (Lipinski definition) is 0. The van der Waals surface area contributed by atoms with E-state index in [9.17, 15) is 14.4 Å². The van der Waals surface area contributed by atoms with Gasteiger partial charge in [0, 0.05) is 11.5 Å². The van der Waals surface area contributed by atoms with Crippen LogP contribution in [-0.4, -0.2) is 31.4 Å². The molecular formula is C23H26O5. The van der Waals surface area contributed by atoms with Crippen LogP contribution in [0.2, 0.25) is 0 Å². The fourth-order valence-corrected chi connectivity index (χ4v) is 5.80. The standard InChI is InChI=1S/C23H26O5/c1-27-22(26)19-5-2-15(3-6-19)4-7-21(25)28-14-20(24)23-11-16-8-17(12-23)10-18(9-16)13-23/h2-7,16-18H,8-14H2,1H3/b7-4+. The smallest absolute Gasteiger partial charge is 0.337 e. The number of benzene rings is 1. The van der Waals surface area contributed by atoms with E-state index < -0.39 is 11.9 Å². The topological polar surface area (TPSA) is 69.7 Å². The van der Waals surface area contributed by atoms with Crippen molar-refractivity contribution in [2.45, 2.75) is 38.5 Å². The summed E-state index contributed by atoms with van der Waals surface area (Å²) < 4.78 is 9.90. The molecule has 5 heteroatoms. The summed E-state index contributed by atoms with van der Waals surface area (Å²) in [5, 5.41) is 0. The van der Waals surface area contributed by atoms with E-state index in [0.29, 0.717) is 23.3 Å². The second kappa shape index (κ2) is 7.53. The summed E-state index contributed by atoms with van der Waals surface area (Å²) in [6.07, 6.45) is 9.73. The van der Waals surface area contributed by atoms with Crippen LogP contribution >= 0.6 is 0 Å². The molecule has 1 aromatic carbocycles. The summed E-state index contributed by atoms with van der Waals surface area (Å²) in [4.78, 5) is 36.3. The molecule has 28 heavy (non-hydrogen) atoms. The Hall–Kier alpha value is -2.43. The normalized spacial score (nSPS) is 30.4. The molecule has 4 saturated carbocycles. The maximum Gasteiger partial charge on any atom is 0.337 e. The van der Waals surface area contributed by atoms with Crippen LogP contribution in [-0.2, 0) is 19.1 Å². The molecule has 4 fully saturated rings. The fraction of sp³-hybridized carbons (Fsp3) is 0.522. The second-order valence-corrected chi connectivity index (χ2v) is 8.68. The largest absolute Gasteiger partial charge is 0.465 e. The Labute approximate surface area is 165 Å². The van der Waals surface area contributed by atoms with Crippen molar-refractivity contribution < 1.29 is 23.9 Å². The fourth-order valence-electron chi connectivity index (χ4n) is 5.80. The van der Waals surface area contributed by atoms with Gasteiger partial charge in [0.15, 0.2) is 12.4 Å². The van der Waals surface area contributed by atoms with Crippen molar-refractivity contribution in [2.24, 2.45) is 23.2 Å². The van der Waals surface area contributed by atoms with Crippen LogP contribution in [0.5, 0.6) is 0 Å². The number of carbonyl (C=O) groups excluding carboxylic acids is 3. The zero-order chi connectivity index (χ0) is 19.7. The van der Waals surface area contributed by atoms with Crippen LogP contribution in [0, 0.1) is 23.2 Å². The molecule has 0 aliphatic heterocycles. The van der Waals surface area contributed by atoms with Crippen LogP contribution in [0.3, 0.4) is 0 Å². The number of hydrogen-bond acceptors (Lipinski definition) is 5. The Bertz CT molecular complexity index is 770. The van der Waals surface area contributed by atoms with Crippen molar-refractivity contribution in [1.29, 1.82) is 0 Å². The maximum absolute atomic E-state index is 12.9. The molecule has 5 rings (SSSR count). The van der Waals surface area contributed by atoms with Gasteiger partial charge in [-0.3, -0.25) is 4.79 Å². The Morgan fingerprint density at radius 2 is 1.57 bits per heavy atom. The van der Waals surface area contributed by atoms with E-state index in [1.807, 2.05) is 0 Å². The van der Waals surface area contributed by atoms with Crippen molar-refractivity contribution >= 4 is 23.8 Å². The molecule has 5 nitrogen and oxygen atoms in total. The first kappa shape index (κ1) is 18.9. The molecule has 4 bridgehead atoms. The summed E-state index contributed by atoms with van der Waals surface area (Å²) in [5.74, 6) is 1.26. The summed E-state index contributed by atoms with van der Waals surface area (Å²) in [5.41, 5.74) is 0.975. The average molecular weight is 382 g/mol. The zero-order valence-corrected chi connectivity index (χ0v) is 16.2. The van der Waals surface area contributed by atoms with Crippen LogP contribution in [0.15, 0.2) is 30.3 Å². The van der Waals surface area contributed by atoms with E-state index in [1.54, 1.807) is 30.3 Å². The summed E-state index contributed by atoms with van der Waals surface area (Å²) in [6.45, 7) is -0.128. The lowest BCUT2D eigenvalue weighted by molar-refractivity contribution is -0.155. The minimum atomic E-state index is -0.518. The molecule has 0 atom stereocenters. The van der Waals surface area contributed by atoms with Crippen molar-refractivity contribution in [3.63, 3.8) is 0 Å². The van der Waals surface area contributed by atoms with Gasteiger partial charge < -0.3 is 9.47 Å². The predicted octanol–water partition coefficient (Wildman–Crippen LogP) is 3.82. The third-order valence-corrected chi connectivity index (χ3v) is 6.72. The molecule has 0 spiro atoms. The van der Waals surface area contributed by atoms with Gasteiger partial charge in [0.2, 0.25) is 0 Å². The molecule has 4 aliphatic rings. The molecule has 0 amide bonds. The van der Waals surface area contributed by atoms with E-state index in [4.69, 9.17) is 4.74 Å². The Morgan fingerprint density at radius 3 is 2.11 bits per heavy atom. The van der Waals surface area contributed by atoms with E-state index in [2.05, 4.69) is 4.74 Å². The van der Waals surface area contributed by atoms with Crippen LogP contribution in [0.1, 0.15) is 54.4 Å². The highest BCUT2D eigenvalue weighted by Gasteiger charge is 2.54. The lowest BCUT2D eigenvalue weighted by atomic mass is 9.48. The monoisotopic (exact) mass is 382 g/mol. The molecule has 0 aromatic heterocycles. The highest BCUT2D eigenvalue weighted by atomic mass is 16.5. The molecule has 0 radical (unpaired) electrons. The van der Waals surface area contributed by atoms with Gasteiger partial charge in [-0.25, -0.2) is 9.59 Å². The first-order chi connectivity index (χ1) is 13.5. The van der Waals surface area contributed by atoms with E-state index in [0.717, 1.165) is 24.8 Å². The van der Waals surface area contributed by atoms with Crippen LogP contribution < -0.4 is 0 Å². The van der Waals surface area contributed by atoms with Crippen molar-refractivity contribution in [2.75, 3.05) is 13.7 Å². The first-order valence-electron chi connectivity index (χ1n) is 10.0. The van der Waals surface area contributed by atoms with Gasteiger partial charge in [0.25, 0.3) is 0 Å². The highest BCUT2D eigenvalue weighted by Crippen LogP contribution is 2.60. The maximum atomic E-state index is 12.9. The Balaban J connectivity index is 1.30. The number of ether oxygens (including phenoxy) is 2. The summed E-state index contributed by atoms with van der Waals surface area (Å²) in [7, 11) is 1.33. The van der Waals surface area contributed by atoms with E-state index >= 15 is 0 Å². The number of ketones is 1.